The quantitative estimate of drug-likeness (QED) is 0.797. The highest BCUT2D eigenvalue weighted by molar-refractivity contribution is 7.93. The molecule has 28 heavy (non-hydrogen) atoms. The van der Waals surface area contributed by atoms with Crippen LogP contribution in [0.4, 0.5) is 18.0 Å². The Morgan fingerprint density at radius 1 is 1.25 bits per heavy atom. The number of hydrogen-bond acceptors (Lipinski definition) is 3. The minimum Gasteiger partial charge on any atom is -0.331 e. The molecule has 0 aromatic heterocycles. The van der Waals surface area contributed by atoms with Gasteiger partial charge >= 0.3 is 12.2 Å². The molecule has 1 aliphatic carbocycles. The number of nitrogens with one attached hydrogen (secondary N) is 1. The maximum atomic E-state index is 13.3. The van der Waals surface area contributed by atoms with Gasteiger partial charge in [-0.2, -0.15) is 13.2 Å². The van der Waals surface area contributed by atoms with E-state index in [1.165, 1.54) is 11.0 Å². The van der Waals surface area contributed by atoms with Gasteiger partial charge in [-0.3, -0.25) is 0 Å². The van der Waals surface area contributed by atoms with E-state index in [1.807, 2.05) is 0 Å². The van der Waals surface area contributed by atoms with Gasteiger partial charge in [0.1, 0.15) is 0 Å². The summed E-state index contributed by atoms with van der Waals surface area (Å²) in [5.41, 5.74) is 0.652. The first-order chi connectivity index (χ1) is 13.0. The monoisotopic (exact) mass is 416 g/mol. The van der Waals surface area contributed by atoms with E-state index in [0.717, 1.165) is 24.5 Å². The lowest BCUT2D eigenvalue weighted by molar-refractivity contribution is -0.170. The van der Waals surface area contributed by atoms with Gasteiger partial charge in [0.05, 0.1) is 18.0 Å². The molecule has 9 heteroatoms. The molecule has 5 nitrogen and oxygen atoms in total. The molecule has 1 aromatic carbocycles. The summed E-state index contributed by atoms with van der Waals surface area (Å²) < 4.78 is 62.7. The number of sulfone groups is 1. The van der Waals surface area contributed by atoms with E-state index < -0.39 is 46.6 Å². The van der Waals surface area contributed by atoms with Crippen LogP contribution in [0.15, 0.2) is 41.8 Å². The van der Waals surface area contributed by atoms with Crippen molar-refractivity contribution in [1.82, 2.24) is 10.2 Å². The molecule has 0 bridgehead atoms. The van der Waals surface area contributed by atoms with E-state index >= 15 is 0 Å². The molecule has 2 amide bonds. The SMILES string of the molecule is CS(=O)(=O)/C=C/[C@@H](NC(=O)N1C[C@H](C(F)(F)F)C[C@@H]1c1ccccc1)C1CC1. The predicted octanol–water partition coefficient (Wildman–Crippen LogP) is 3.66. The zero-order valence-corrected chi connectivity index (χ0v) is 16.2. The Morgan fingerprint density at radius 2 is 1.89 bits per heavy atom. The van der Waals surface area contributed by atoms with Crippen molar-refractivity contribution in [3.8, 4) is 0 Å². The molecule has 1 saturated heterocycles. The summed E-state index contributed by atoms with van der Waals surface area (Å²) in [6.45, 7) is -0.415. The molecular weight excluding hydrogens is 393 g/mol. The van der Waals surface area contributed by atoms with Crippen LogP contribution in [-0.4, -0.2) is 44.4 Å². The molecule has 1 N–H and O–H groups in total. The Morgan fingerprint density at radius 3 is 2.43 bits per heavy atom. The molecule has 3 atom stereocenters. The van der Waals surface area contributed by atoms with Crippen LogP contribution >= 0.6 is 0 Å². The summed E-state index contributed by atoms with van der Waals surface area (Å²) in [5, 5.41) is 3.77. The van der Waals surface area contributed by atoms with Crippen LogP contribution in [0.5, 0.6) is 0 Å². The largest absolute Gasteiger partial charge is 0.393 e. The second kappa shape index (κ2) is 7.77. The molecule has 1 aromatic rings. The first-order valence-electron chi connectivity index (χ1n) is 9.11. The Labute approximate surface area is 162 Å². The zero-order valence-electron chi connectivity index (χ0n) is 15.4. The van der Waals surface area contributed by atoms with E-state index in [1.54, 1.807) is 30.3 Å². The molecule has 1 saturated carbocycles. The van der Waals surface area contributed by atoms with Crippen molar-refractivity contribution in [2.45, 2.75) is 37.5 Å². The molecular formula is C19H23F3N2O3S. The lowest BCUT2D eigenvalue weighted by Crippen LogP contribution is -2.45. The van der Waals surface area contributed by atoms with E-state index in [9.17, 15) is 26.4 Å². The Hall–Kier alpha value is -2.03. The number of halogens is 3. The van der Waals surface area contributed by atoms with Gasteiger partial charge in [0, 0.05) is 18.2 Å². The molecule has 0 radical (unpaired) electrons. The summed E-state index contributed by atoms with van der Waals surface area (Å²) in [6, 6.07) is 6.87. The molecule has 2 aliphatic rings. The predicted molar refractivity (Wildman–Crippen MR) is 99.1 cm³/mol. The average molecular weight is 416 g/mol. The van der Waals surface area contributed by atoms with Gasteiger partial charge in [0.2, 0.25) is 0 Å². The molecule has 154 valence electrons. The number of amides is 2. The van der Waals surface area contributed by atoms with Gasteiger partial charge in [0.15, 0.2) is 9.84 Å². The fourth-order valence-electron chi connectivity index (χ4n) is 3.52. The fraction of sp³-hybridized carbons (Fsp3) is 0.526. The van der Waals surface area contributed by atoms with Crippen LogP contribution < -0.4 is 5.32 Å². The lowest BCUT2D eigenvalue weighted by Gasteiger charge is -2.27. The van der Waals surface area contributed by atoms with Crippen molar-refractivity contribution in [1.29, 1.82) is 0 Å². The Kier molecular flexibility index (Phi) is 5.74. The molecule has 1 heterocycles. The van der Waals surface area contributed by atoms with Crippen molar-refractivity contribution in [2.24, 2.45) is 11.8 Å². The lowest BCUT2D eigenvalue weighted by atomic mass is 9.99. The number of rotatable bonds is 5. The number of carbonyl (C=O) groups is 1. The number of urea groups is 1. The number of likely N-dealkylation sites (tertiary alicyclic amines) is 1. The second-order valence-corrected chi connectivity index (χ2v) is 9.46. The average Bonchev–Trinajstić information content (AvgIpc) is 3.34. The topological polar surface area (TPSA) is 66.5 Å². The summed E-state index contributed by atoms with van der Waals surface area (Å²) in [5.74, 6) is -1.48. The number of nitrogens with zero attached hydrogens (tertiary/aromatic N) is 1. The number of alkyl halides is 3. The third-order valence-electron chi connectivity index (χ3n) is 5.16. The van der Waals surface area contributed by atoms with Crippen LogP contribution in [0.3, 0.4) is 0 Å². The zero-order chi connectivity index (χ0) is 20.5. The summed E-state index contributed by atoms with van der Waals surface area (Å²) in [6.07, 6.45) is -0.421. The van der Waals surface area contributed by atoms with Crippen LogP contribution in [0.25, 0.3) is 0 Å². The number of hydrogen-bond donors (Lipinski definition) is 1. The molecule has 0 spiro atoms. The molecule has 2 fully saturated rings. The highest BCUT2D eigenvalue weighted by atomic mass is 32.2. The fourth-order valence-corrected chi connectivity index (χ4v) is 3.97. The van der Waals surface area contributed by atoms with Crippen molar-refractivity contribution < 1.29 is 26.4 Å². The first kappa shape index (κ1) is 20.7. The third-order valence-corrected chi connectivity index (χ3v) is 5.81. The summed E-state index contributed by atoms with van der Waals surface area (Å²) in [4.78, 5) is 14.1. The molecule has 3 rings (SSSR count). The Bertz CT molecular complexity index is 836. The van der Waals surface area contributed by atoms with Crippen molar-refractivity contribution in [2.75, 3.05) is 12.8 Å². The van der Waals surface area contributed by atoms with Gasteiger partial charge in [-0.05, 0) is 30.7 Å². The second-order valence-electron chi connectivity index (χ2n) is 7.52. The van der Waals surface area contributed by atoms with Crippen LogP contribution in [0.1, 0.15) is 30.9 Å². The van der Waals surface area contributed by atoms with Gasteiger partial charge in [-0.25, -0.2) is 13.2 Å². The van der Waals surface area contributed by atoms with Gasteiger partial charge < -0.3 is 10.2 Å². The number of benzene rings is 1. The van der Waals surface area contributed by atoms with E-state index in [2.05, 4.69) is 5.32 Å². The van der Waals surface area contributed by atoms with Crippen molar-refractivity contribution in [3.05, 3.63) is 47.4 Å². The van der Waals surface area contributed by atoms with Crippen LogP contribution in [-0.2, 0) is 9.84 Å². The summed E-state index contributed by atoms with van der Waals surface area (Å²) in [7, 11) is -3.36. The maximum Gasteiger partial charge on any atom is 0.393 e. The Balaban J connectivity index is 1.79. The summed E-state index contributed by atoms with van der Waals surface area (Å²) >= 11 is 0. The van der Waals surface area contributed by atoms with Crippen molar-refractivity contribution in [3.63, 3.8) is 0 Å². The van der Waals surface area contributed by atoms with Crippen LogP contribution in [0, 0.1) is 11.8 Å². The van der Waals surface area contributed by atoms with Crippen LogP contribution in [0.2, 0.25) is 0 Å². The standard InChI is InChI=1S/C19H23F3N2O3S/c1-28(26,27)10-9-16(13-7-8-13)23-18(25)24-12-15(19(20,21)22)11-17(24)14-5-3-2-4-6-14/h2-6,9-10,13,15-17H,7-8,11-12H2,1H3,(H,23,25)/b10-9+/t15-,16-,17-/m1/s1. The minimum absolute atomic E-state index is 0.109. The third kappa shape index (κ3) is 5.27. The first-order valence-corrected chi connectivity index (χ1v) is 11.1. The number of carbonyl (C=O) groups excluding carboxylic acids is 1. The van der Waals surface area contributed by atoms with E-state index in [-0.39, 0.29) is 12.3 Å². The maximum absolute atomic E-state index is 13.3. The minimum atomic E-state index is -4.38. The van der Waals surface area contributed by atoms with Gasteiger partial charge in [0.25, 0.3) is 0 Å². The van der Waals surface area contributed by atoms with Gasteiger partial charge in [-0.1, -0.05) is 36.4 Å². The molecule has 1 aliphatic heterocycles. The normalized spacial score (nSPS) is 24.5. The molecule has 0 unspecified atom stereocenters. The highest BCUT2D eigenvalue weighted by Gasteiger charge is 2.49. The van der Waals surface area contributed by atoms with E-state index in [4.69, 9.17) is 0 Å². The van der Waals surface area contributed by atoms with E-state index in [0.29, 0.717) is 5.56 Å². The smallest absolute Gasteiger partial charge is 0.331 e. The van der Waals surface area contributed by atoms with Gasteiger partial charge in [-0.15, -0.1) is 0 Å². The highest BCUT2D eigenvalue weighted by Crippen LogP contribution is 2.43. The van der Waals surface area contributed by atoms with Crippen molar-refractivity contribution >= 4 is 15.9 Å².